The van der Waals surface area contributed by atoms with Gasteiger partial charge in [-0.05, 0) is 55.7 Å². The first kappa shape index (κ1) is 22.4. The Morgan fingerprint density at radius 3 is 2.28 bits per heavy atom. The van der Waals surface area contributed by atoms with E-state index in [1.807, 2.05) is 19.1 Å². The number of esters is 1. The molecule has 0 aliphatic heterocycles. The topological polar surface area (TPSA) is 92.8 Å². The molecule has 0 bridgehead atoms. The number of aryl methyl sites for hydroxylation is 2. The number of hydrogen-bond acceptors (Lipinski definition) is 5. The molecule has 2 aromatic rings. The van der Waals surface area contributed by atoms with Gasteiger partial charge in [-0.2, -0.15) is 0 Å². The van der Waals surface area contributed by atoms with Crippen molar-refractivity contribution in [1.29, 1.82) is 0 Å². The van der Waals surface area contributed by atoms with Gasteiger partial charge in [0.1, 0.15) is 6.04 Å². The summed E-state index contributed by atoms with van der Waals surface area (Å²) in [4.78, 5) is 24.6. The monoisotopic (exact) mass is 418 g/mol. The zero-order chi connectivity index (χ0) is 21.8. The molecule has 2 aromatic carbocycles. The van der Waals surface area contributed by atoms with Crippen molar-refractivity contribution >= 4 is 33.3 Å². The molecule has 1 amide bonds. The van der Waals surface area contributed by atoms with Crippen LogP contribution in [0.25, 0.3) is 0 Å². The van der Waals surface area contributed by atoms with Crippen molar-refractivity contribution in [1.82, 2.24) is 0 Å². The van der Waals surface area contributed by atoms with Crippen molar-refractivity contribution in [3.8, 4) is 0 Å². The number of nitrogens with zero attached hydrogens (tertiary/aromatic N) is 1. The van der Waals surface area contributed by atoms with Gasteiger partial charge in [0.2, 0.25) is 15.9 Å². The van der Waals surface area contributed by atoms with E-state index in [4.69, 9.17) is 4.74 Å². The number of sulfonamides is 1. The highest BCUT2D eigenvalue weighted by Gasteiger charge is 2.29. The van der Waals surface area contributed by atoms with E-state index in [0.29, 0.717) is 11.4 Å². The maximum atomic E-state index is 12.9. The van der Waals surface area contributed by atoms with Crippen LogP contribution >= 0.6 is 0 Å². The first-order valence-electron chi connectivity index (χ1n) is 9.16. The van der Waals surface area contributed by atoms with Crippen molar-refractivity contribution in [2.45, 2.75) is 33.2 Å². The van der Waals surface area contributed by atoms with Crippen molar-refractivity contribution in [3.63, 3.8) is 0 Å². The second-order valence-electron chi connectivity index (χ2n) is 6.77. The van der Waals surface area contributed by atoms with Crippen molar-refractivity contribution < 1.29 is 22.7 Å². The lowest BCUT2D eigenvalue weighted by Gasteiger charge is -2.28. The highest BCUT2D eigenvalue weighted by molar-refractivity contribution is 7.92. The third kappa shape index (κ3) is 5.35. The van der Waals surface area contributed by atoms with Gasteiger partial charge in [-0.15, -0.1) is 0 Å². The summed E-state index contributed by atoms with van der Waals surface area (Å²) in [6.45, 7) is 5.30. The Bertz CT molecular complexity index is 1000. The summed E-state index contributed by atoms with van der Waals surface area (Å²) < 4.78 is 30.6. The number of ether oxygens (including phenoxy) is 1. The molecule has 0 fully saturated rings. The van der Waals surface area contributed by atoms with Crippen LogP contribution in [-0.2, 0) is 26.0 Å². The average Bonchev–Trinajstić information content (AvgIpc) is 2.68. The molecule has 7 nitrogen and oxygen atoms in total. The molecule has 0 aromatic heterocycles. The second kappa shape index (κ2) is 9.09. The maximum Gasteiger partial charge on any atom is 0.337 e. The molecule has 0 radical (unpaired) electrons. The minimum atomic E-state index is -3.71. The van der Waals surface area contributed by atoms with Gasteiger partial charge in [-0.3, -0.25) is 9.10 Å². The summed E-state index contributed by atoms with van der Waals surface area (Å²) in [7, 11) is -2.44. The van der Waals surface area contributed by atoms with E-state index in [0.717, 1.165) is 28.1 Å². The molecule has 29 heavy (non-hydrogen) atoms. The van der Waals surface area contributed by atoms with E-state index in [1.165, 1.54) is 20.1 Å². The Morgan fingerprint density at radius 1 is 1.14 bits per heavy atom. The number of carbonyl (C=O) groups is 2. The van der Waals surface area contributed by atoms with Gasteiger partial charge in [-0.1, -0.05) is 25.1 Å². The predicted molar refractivity (Wildman–Crippen MR) is 114 cm³/mol. The van der Waals surface area contributed by atoms with Crippen molar-refractivity contribution in [2.75, 3.05) is 23.0 Å². The fraction of sp³-hybridized carbons (Fsp3) is 0.333. The zero-order valence-corrected chi connectivity index (χ0v) is 18.0. The number of benzene rings is 2. The average molecular weight is 419 g/mol. The predicted octanol–water partition coefficient (Wildman–Crippen LogP) is 3.14. The molecule has 156 valence electrons. The highest BCUT2D eigenvalue weighted by Crippen LogP contribution is 2.23. The SMILES string of the molecule is CCc1ccc(N([C@H](C)C(=O)Nc2cc(C(=O)OC)ccc2C)S(C)(=O)=O)cc1. The summed E-state index contributed by atoms with van der Waals surface area (Å²) in [6.07, 6.45) is 1.89. The van der Waals surface area contributed by atoms with Crippen molar-refractivity contribution in [3.05, 3.63) is 59.2 Å². The standard InChI is InChI=1S/C21H26N2O5S/c1-6-16-8-11-18(12-9-16)23(29(5,26)27)15(3)20(24)22-19-13-17(21(25)28-4)10-7-14(19)2/h7-13,15H,6H2,1-5H3,(H,22,24)/t15-/m1/s1. The summed E-state index contributed by atoms with van der Waals surface area (Å²) in [5, 5.41) is 2.72. The second-order valence-corrected chi connectivity index (χ2v) is 8.62. The Hall–Kier alpha value is -2.87. The molecule has 0 spiro atoms. The fourth-order valence-electron chi connectivity index (χ4n) is 2.93. The van der Waals surface area contributed by atoms with Crippen molar-refractivity contribution in [2.24, 2.45) is 0 Å². The van der Waals surface area contributed by atoms with Gasteiger partial charge < -0.3 is 10.1 Å². The third-order valence-corrected chi connectivity index (χ3v) is 5.85. The highest BCUT2D eigenvalue weighted by atomic mass is 32.2. The quantitative estimate of drug-likeness (QED) is 0.698. The number of amides is 1. The smallest absolute Gasteiger partial charge is 0.337 e. The van der Waals surface area contributed by atoms with Crippen LogP contribution in [0.3, 0.4) is 0 Å². The molecular formula is C21H26N2O5S. The zero-order valence-electron chi connectivity index (χ0n) is 17.2. The third-order valence-electron chi connectivity index (χ3n) is 4.60. The maximum absolute atomic E-state index is 12.9. The van der Waals surface area contributed by atoms with Crippen LogP contribution in [0.2, 0.25) is 0 Å². The molecule has 0 heterocycles. The van der Waals surface area contributed by atoms with Gasteiger partial charge in [0, 0.05) is 5.69 Å². The Kier molecular flexibility index (Phi) is 7.02. The van der Waals surface area contributed by atoms with Gasteiger partial charge in [0.05, 0.1) is 24.6 Å². The number of rotatable bonds is 7. The number of anilines is 2. The lowest BCUT2D eigenvalue weighted by atomic mass is 10.1. The van der Waals surface area contributed by atoms with E-state index in [2.05, 4.69) is 5.32 Å². The van der Waals surface area contributed by atoms with Crippen LogP contribution in [0.15, 0.2) is 42.5 Å². The first-order valence-corrected chi connectivity index (χ1v) is 11.0. The molecule has 0 saturated carbocycles. The molecule has 2 rings (SSSR count). The molecule has 0 unspecified atom stereocenters. The summed E-state index contributed by atoms with van der Waals surface area (Å²) in [6, 6.07) is 10.8. The summed E-state index contributed by atoms with van der Waals surface area (Å²) in [5.74, 6) is -1.04. The van der Waals surface area contributed by atoms with Crippen LogP contribution in [0.4, 0.5) is 11.4 Å². The normalized spacial score (nSPS) is 12.2. The van der Waals surface area contributed by atoms with E-state index < -0.39 is 27.9 Å². The molecular weight excluding hydrogens is 392 g/mol. The van der Waals surface area contributed by atoms with Crippen LogP contribution < -0.4 is 9.62 Å². The molecule has 8 heteroatoms. The Balaban J connectivity index is 2.33. The van der Waals surface area contributed by atoms with Gasteiger partial charge in [0.25, 0.3) is 0 Å². The van der Waals surface area contributed by atoms with Gasteiger partial charge in [-0.25, -0.2) is 13.2 Å². The number of nitrogens with one attached hydrogen (secondary N) is 1. The molecule has 0 aliphatic carbocycles. The minimum absolute atomic E-state index is 0.288. The summed E-state index contributed by atoms with van der Waals surface area (Å²) >= 11 is 0. The number of methoxy groups -OCH3 is 1. The Labute approximate surface area is 171 Å². The van der Waals surface area contributed by atoms with Crippen LogP contribution in [0.1, 0.15) is 35.3 Å². The van der Waals surface area contributed by atoms with E-state index >= 15 is 0 Å². The molecule has 1 N–H and O–H groups in total. The minimum Gasteiger partial charge on any atom is -0.465 e. The molecule has 1 atom stereocenters. The molecule has 0 saturated heterocycles. The van der Waals surface area contributed by atoms with E-state index in [1.54, 1.807) is 31.2 Å². The van der Waals surface area contributed by atoms with Crippen LogP contribution in [0.5, 0.6) is 0 Å². The lowest BCUT2D eigenvalue weighted by molar-refractivity contribution is -0.116. The number of carbonyl (C=O) groups excluding carboxylic acids is 2. The van der Waals surface area contributed by atoms with E-state index in [-0.39, 0.29) is 5.56 Å². The Morgan fingerprint density at radius 2 is 1.76 bits per heavy atom. The number of hydrogen-bond donors (Lipinski definition) is 1. The fourth-order valence-corrected chi connectivity index (χ4v) is 4.10. The van der Waals surface area contributed by atoms with Crippen LogP contribution in [-0.4, -0.2) is 39.7 Å². The van der Waals surface area contributed by atoms with Gasteiger partial charge >= 0.3 is 5.97 Å². The summed E-state index contributed by atoms with van der Waals surface area (Å²) in [5.41, 5.74) is 2.91. The molecule has 0 aliphatic rings. The lowest BCUT2D eigenvalue weighted by Crippen LogP contribution is -2.45. The van der Waals surface area contributed by atoms with Gasteiger partial charge in [0.15, 0.2) is 0 Å². The van der Waals surface area contributed by atoms with Crippen LogP contribution in [0, 0.1) is 6.92 Å². The first-order chi connectivity index (χ1) is 13.6. The largest absolute Gasteiger partial charge is 0.465 e. The van der Waals surface area contributed by atoms with E-state index in [9.17, 15) is 18.0 Å².